The molecule has 3 heterocycles. The molecule has 1 aromatic carbocycles. The minimum atomic E-state index is -0.325. The van der Waals surface area contributed by atoms with E-state index in [2.05, 4.69) is 25.5 Å². The van der Waals surface area contributed by atoms with Gasteiger partial charge in [0.15, 0.2) is 0 Å². The van der Waals surface area contributed by atoms with Gasteiger partial charge >= 0.3 is 0 Å². The van der Waals surface area contributed by atoms with Crippen molar-refractivity contribution in [2.75, 3.05) is 5.32 Å². The van der Waals surface area contributed by atoms with Gasteiger partial charge in [-0.25, -0.2) is 14.1 Å². The molecule has 0 spiro atoms. The van der Waals surface area contributed by atoms with Crippen LogP contribution >= 0.6 is 0 Å². The zero-order valence-electron chi connectivity index (χ0n) is 13.1. The fourth-order valence-electron chi connectivity index (χ4n) is 2.56. The monoisotopic (exact) mass is 323 g/mol. The molecule has 0 aliphatic carbocycles. The fraction of sp³-hybridized carbons (Fsp3) is 0.125. The molecule has 8 heteroatoms. The molecule has 0 fully saturated rings. The summed E-state index contributed by atoms with van der Waals surface area (Å²) >= 11 is 0. The highest BCUT2D eigenvalue weighted by Gasteiger charge is 2.13. The van der Waals surface area contributed by atoms with Gasteiger partial charge in [-0.05, 0) is 26.0 Å². The van der Waals surface area contributed by atoms with Crippen molar-refractivity contribution in [2.24, 2.45) is 0 Å². The predicted octanol–water partition coefficient (Wildman–Crippen LogP) is 2.81. The maximum Gasteiger partial charge on any atom is 0.254 e. The van der Waals surface area contributed by atoms with Crippen LogP contribution < -0.4 is 5.32 Å². The molecule has 0 aliphatic heterocycles. The lowest BCUT2D eigenvalue weighted by Gasteiger charge is -2.09. The summed E-state index contributed by atoms with van der Waals surface area (Å²) in [5.41, 5.74) is 2.75. The number of para-hydroxylation sites is 1. The van der Waals surface area contributed by atoms with Gasteiger partial charge in [0.1, 0.15) is 23.6 Å². The van der Waals surface area contributed by atoms with Crippen LogP contribution in [0.2, 0.25) is 0 Å². The molecule has 4 aromatic rings. The Morgan fingerprint density at radius 1 is 1.12 bits per heavy atom. The second-order valence-corrected chi connectivity index (χ2v) is 5.39. The van der Waals surface area contributed by atoms with Crippen LogP contribution in [0.3, 0.4) is 0 Å². The lowest BCUT2D eigenvalue weighted by Crippen LogP contribution is -2.05. The van der Waals surface area contributed by atoms with E-state index in [0.717, 1.165) is 17.1 Å². The van der Waals surface area contributed by atoms with Crippen molar-refractivity contribution in [1.29, 1.82) is 0 Å². The number of nitrogens with zero attached hydrogens (tertiary/aromatic N) is 6. The Bertz CT molecular complexity index is 1030. The van der Waals surface area contributed by atoms with Crippen LogP contribution in [0.25, 0.3) is 11.5 Å². The van der Waals surface area contributed by atoms with Crippen molar-refractivity contribution in [3.8, 4) is 5.69 Å². The number of rotatable bonds is 3. The Morgan fingerprint density at radius 3 is 2.79 bits per heavy atom. The summed E-state index contributed by atoms with van der Waals surface area (Å²) in [5.74, 6) is 0.900. The first-order valence-electron chi connectivity index (χ1n) is 7.37. The molecular formula is C16H14FN7. The highest BCUT2D eigenvalue weighted by atomic mass is 19.1. The van der Waals surface area contributed by atoms with Crippen LogP contribution in [0.5, 0.6) is 0 Å². The van der Waals surface area contributed by atoms with E-state index in [9.17, 15) is 4.39 Å². The first-order chi connectivity index (χ1) is 11.6. The summed E-state index contributed by atoms with van der Waals surface area (Å²) in [6, 6.07) is 8.39. The second kappa shape index (κ2) is 5.41. The van der Waals surface area contributed by atoms with E-state index >= 15 is 0 Å². The molecule has 1 N–H and O–H groups in total. The first kappa shape index (κ1) is 14.3. The van der Waals surface area contributed by atoms with E-state index in [4.69, 9.17) is 0 Å². The van der Waals surface area contributed by atoms with Gasteiger partial charge in [0.25, 0.3) is 5.78 Å². The highest BCUT2D eigenvalue weighted by Crippen LogP contribution is 2.24. The fourth-order valence-corrected chi connectivity index (χ4v) is 2.56. The maximum atomic E-state index is 14.0. The molecule has 0 saturated carbocycles. The molecule has 0 saturated heterocycles. The molecule has 0 aliphatic rings. The molecule has 120 valence electrons. The van der Waals surface area contributed by atoms with E-state index in [0.29, 0.717) is 17.3 Å². The normalized spacial score (nSPS) is 11.1. The predicted molar refractivity (Wildman–Crippen MR) is 87.1 cm³/mol. The van der Waals surface area contributed by atoms with Crippen LogP contribution in [0.1, 0.15) is 11.4 Å². The molecular weight excluding hydrogens is 309 g/mol. The van der Waals surface area contributed by atoms with Crippen molar-refractivity contribution in [2.45, 2.75) is 13.8 Å². The molecule has 3 aromatic heterocycles. The molecule has 0 radical (unpaired) electrons. The van der Waals surface area contributed by atoms with Crippen molar-refractivity contribution in [3.05, 3.63) is 60.1 Å². The number of halogens is 1. The van der Waals surface area contributed by atoms with Crippen LogP contribution in [-0.4, -0.2) is 29.4 Å². The van der Waals surface area contributed by atoms with Crippen molar-refractivity contribution in [1.82, 2.24) is 29.4 Å². The summed E-state index contributed by atoms with van der Waals surface area (Å²) in [4.78, 5) is 8.40. The Labute approximate surface area is 136 Å². The third kappa shape index (κ3) is 2.28. The van der Waals surface area contributed by atoms with Gasteiger partial charge in [-0.3, -0.25) is 0 Å². The third-order valence-corrected chi connectivity index (χ3v) is 3.73. The SMILES string of the molecule is Cc1cc(Nc2cnn(-c3ccccc3F)c2C)n2ncnc2n1. The average molecular weight is 323 g/mol. The van der Waals surface area contributed by atoms with Gasteiger partial charge in [-0.15, -0.1) is 0 Å². The van der Waals surface area contributed by atoms with Gasteiger partial charge in [0.05, 0.1) is 17.6 Å². The minimum Gasteiger partial charge on any atom is -0.337 e. The van der Waals surface area contributed by atoms with Crippen molar-refractivity contribution in [3.63, 3.8) is 0 Å². The summed E-state index contributed by atoms with van der Waals surface area (Å²) in [6.07, 6.45) is 3.10. The van der Waals surface area contributed by atoms with E-state index in [1.807, 2.05) is 19.9 Å². The largest absolute Gasteiger partial charge is 0.337 e. The summed E-state index contributed by atoms with van der Waals surface area (Å²) < 4.78 is 17.2. The van der Waals surface area contributed by atoms with Crippen molar-refractivity contribution >= 4 is 17.3 Å². The van der Waals surface area contributed by atoms with Gasteiger partial charge in [-0.2, -0.15) is 19.7 Å². The smallest absolute Gasteiger partial charge is 0.254 e. The number of fused-ring (bicyclic) bond motifs is 1. The minimum absolute atomic E-state index is 0.325. The summed E-state index contributed by atoms with van der Waals surface area (Å²) in [7, 11) is 0. The number of benzene rings is 1. The second-order valence-electron chi connectivity index (χ2n) is 5.39. The van der Waals surface area contributed by atoms with Gasteiger partial charge in [0, 0.05) is 11.8 Å². The van der Waals surface area contributed by atoms with Crippen molar-refractivity contribution < 1.29 is 4.39 Å². The Balaban J connectivity index is 1.76. The number of aryl methyl sites for hydroxylation is 1. The molecule has 0 bridgehead atoms. The number of hydrogen-bond acceptors (Lipinski definition) is 5. The molecule has 24 heavy (non-hydrogen) atoms. The van der Waals surface area contributed by atoms with Crippen LogP contribution in [0.15, 0.2) is 42.9 Å². The quantitative estimate of drug-likeness (QED) is 0.627. The number of nitrogens with one attached hydrogen (secondary N) is 1. The highest BCUT2D eigenvalue weighted by molar-refractivity contribution is 5.61. The maximum absolute atomic E-state index is 14.0. The van der Waals surface area contributed by atoms with E-state index in [1.165, 1.54) is 12.4 Å². The zero-order valence-corrected chi connectivity index (χ0v) is 13.1. The molecule has 0 amide bonds. The number of aromatic nitrogens is 6. The molecule has 0 atom stereocenters. The third-order valence-electron chi connectivity index (χ3n) is 3.73. The molecule has 7 nitrogen and oxygen atoms in total. The molecule has 4 rings (SSSR count). The average Bonchev–Trinajstić information content (AvgIpc) is 3.16. The number of hydrogen-bond donors (Lipinski definition) is 1. The Morgan fingerprint density at radius 2 is 1.96 bits per heavy atom. The van der Waals surface area contributed by atoms with E-state index < -0.39 is 0 Å². The van der Waals surface area contributed by atoms with Gasteiger partial charge < -0.3 is 5.32 Å². The van der Waals surface area contributed by atoms with Crippen LogP contribution in [0, 0.1) is 19.7 Å². The first-order valence-corrected chi connectivity index (χ1v) is 7.37. The topological polar surface area (TPSA) is 72.9 Å². The Kier molecular flexibility index (Phi) is 3.23. The van der Waals surface area contributed by atoms with Gasteiger partial charge in [-0.1, -0.05) is 12.1 Å². The van der Waals surface area contributed by atoms with E-state index in [1.54, 1.807) is 33.6 Å². The van der Waals surface area contributed by atoms with Crippen LogP contribution in [-0.2, 0) is 0 Å². The van der Waals surface area contributed by atoms with E-state index in [-0.39, 0.29) is 5.82 Å². The van der Waals surface area contributed by atoms with Gasteiger partial charge in [0.2, 0.25) is 0 Å². The standard InChI is InChI=1S/C16H14FN7/c1-10-7-15(24-16(21-10)18-9-20-24)22-13-8-19-23(11(13)2)14-6-4-3-5-12(14)17/h3-9,22H,1-2H3. The lowest BCUT2D eigenvalue weighted by atomic mass is 10.3. The number of anilines is 2. The summed E-state index contributed by atoms with van der Waals surface area (Å²) in [6.45, 7) is 3.75. The van der Waals surface area contributed by atoms with Crippen LogP contribution in [0.4, 0.5) is 15.9 Å². The molecule has 0 unspecified atom stereocenters. The zero-order chi connectivity index (χ0) is 16.7. The lowest BCUT2D eigenvalue weighted by molar-refractivity contribution is 0.608. The Hall–Kier alpha value is -3.29. The summed E-state index contributed by atoms with van der Waals surface area (Å²) in [5, 5.41) is 11.7.